The number of benzene rings is 2. The highest BCUT2D eigenvalue weighted by Crippen LogP contribution is 2.20. The Morgan fingerprint density at radius 3 is 2.53 bits per heavy atom. The molecule has 4 rings (SSSR count). The number of amides is 1. The number of nitrogens with one attached hydrogen (secondary N) is 1. The van der Waals surface area contributed by atoms with Crippen LogP contribution in [0.5, 0.6) is 0 Å². The van der Waals surface area contributed by atoms with Gasteiger partial charge in [-0.1, -0.05) is 60.3 Å². The molecule has 0 atom stereocenters. The molecule has 4 aromatic rings. The summed E-state index contributed by atoms with van der Waals surface area (Å²) in [6.45, 7) is 3.31. The van der Waals surface area contributed by atoms with Crippen molar-refractivity contribution >= 4 is 35.1 Å². The van der Waals surface area contributed by atoms with E-state index in [0.29, 0.717) is 34.3 Å². The van der Waals surface area contributed by atoms with Gasteiger partial charge in [0.05, 0.1) is 6.42 Å². The molecule has 0 saturated carbocycles. The van der Waals surface area contributed by atoms with Crippen molar-refractivity contribution in [2.24, 2.45) is 0 Å². The number of aryl methyl sites for hydroxylation is 2. The number of hydrogen-bond acceptors (Lipinski definition) is 7. The predicted molar refractivity (Wildman–Crippen MR) is 131 cm³/mol. The lowest BCUT2D eigenvalue weighted by Gasteiger charge is -2.12. The van der Waals surface area contributed by atoms with Gasteiger partial charge < -0.3 is 10.1 Å². The molecule has 0 bridgehead atoms. The van der Waals surface area contributed by atoms with Gasteiger partial charge in [0, 0.05) is 22.6 Å². The summed E-state index contributed by atoms with van der Waals surface area (Å²) in [7, 11) is 0. The Kier molecular flexibility index (Phi) is 7.22. The number of carbonyl (C=O) groups excluding carboxylic acids is 2. The molecule has 2 aromatic heterocycles. The minimum atomic E-state index is -0.509. The highest BCUT2D eigenvalue weighted by molar-refractivity contribution is 7.98. The highest BCUT2D eigenvalue weighted by Gasteiger charge is 2.17. The molecule has 2 aromatic carbocycles. The van der Waals surface area contributed by atoms with Crippen LogP contribution in [0.4, 0.5) is 5.69 Å². The number of aromatic nitrogens is 4. The van der Waals surface area contributed by atoms with Gasteiger partial charge in [-0.3, -0.25) is 9.59 Å². The van der Waals surface area contributed by atoms with E-state index in [1.807, 2.05) is 74.7 Å². The molecular weight excluding hydrogens is 450 g/mol. The number of carbonyl (C=O) groups is 2. The van der Waals surface area contributed by atoms with Crippen molar-refractivity contribution in [2.45, 2.75) is 31.8 Å². The van der Waals surface area contributed by atoms with E-state index in [1.54, 1.807) is 4.52 Å². The van der Waals surface area contributed by atoms with Gasteiger partial charge in [-0.2, -0.15) is 4.98 Å². The van der Waals surface area contributed by atoms with Crippen LogP contribution in [0.1, 0.15) is 28.1 Å². The first kappa shape index (κ1) is 23.4. The molecule has 0 radical (unpaired) electrons. The van der Waals surface area contributed by atoms with E-state index in [-0.39, 0.29) is 13.0 Å². The Morgan fingerprint density at radius 1 is 1.03 bits per heavy atom. The molecular formula is C25H25N5O3S. The lowest BCUT2D eigenvalue weighted by atomic mass is 10.0. The van der Waals surface area contributed by atoms with Crippen LogP contribution < -0.4 is 5.32 Å². The molecule has 0 aliphatic heterocycles. The van der Waals surface area contributed by atoms with Crippen LogP contribution in [0.25, 0.3) is 5.78 Å². The summed E-state index contributed by atoms with van der Waals surface area (Å²) in [6, 6.07) is 17.6. The first-order valence-corrected chi connectivity index (χ1v) is 12.0. The topological polar surface area (TPSA) is 98.5 Å². The maximum absolute atomic E-state index is 12.5. The van der Waals surface area contributed by atoms with Crippen LogP contribution in [0.3, 0.4) is 0 Å². The Morgan fingerprint density at radius 2 is 1.76 bits per heavy atom. The fourth-order valence-electron chi connectivity index (χ4n) is 3.67. The van der Waals surface area contributed by atoms with Crippen molar-refractivity contribution in [3.05, 3.63) is 82.7 Å². The molecule has 1 N–H and O–H groups in total. The van der Waals surface area contributed by atoms with Crippen molar-refractivity contribution in [1.82, 2.24) is 19.6 Å². The number of thioether (sulfide) groups is 1. The Balaban J connectivity index is 1.38. The van der Waals surface area contributed by atoms with Gasteiger partial charge in [0.1, 0.15) is 0 Å². The number of ether oxygens (including phenoxy) is 1. The van der Waals surface area contributed by atoms with E-state index in [1.165, 1.54) is 11.8 Å². The average Bonchev–Trinajstić information content (AvgIpc) is 3.26. The molecule has 174 valence electrons. The summed E-state index contributed by atoms with van der Waals surface area (Å²) < 4.78 is 6.88. The largest absolute Gasteiger partial charge is 0.455 e. The molecule has 8 nitrogen and oxygen atoms in total. The molecule has 1 amide bonds. The van der Waals surface area contributed by atoms with Gasteiger partial charge in [-0.25, -0.2) is 9.50 Å². The number of anilines is 1. The van der Waals surface area contributed by atoms with Crippen molar-refractivity contribution in [1.29, 1.82) is 0 Å². The van der Waals surface area contributed by atoms with Crippen molar-refractivity contribution in [3.8, 4) is 0 Å². The molecule has 0 aliphatic carbocycles. The zero-order valence-electron chi connectivity index (χ0n) is 19.2. The molecule has 0 aliphatic rings. The lowest BCUT2D eigenvalue weighted by Crippen LogP contribution is -2.23. The zero-order valence-corrected chi connectivity index (χ0v) is 20.1. The number of hydrogen-bond donors (Lipinski definition) is 1. The van der Waals surface area contributed by atoms with Gasteiger partial charge in [0.2, 0.25) is 5.16 Å². The van der Waals surface area contributed by atoms with Gasteiger partial charge in [0.25, 0.3) is 11.7 Å². The van der Waals surface area contributed by atoms with E-state index >= 15 is 0 Å². The standard InChI is InChI=1S/C25H25N5O3S/c1-16-20(17(2)30-24(26-16)28-25(29-30)34-3)14-23(32)33-15-22(31)27-21-12-8-7-11-19(21)13-18-9-5-4-6-10-18/h4-12H,13-15H2,1-3H3,(H,27,31). The van der Waals surface area contributed by atoms with Crippen LogP contribution in [-0.4, -0.2) is 44.3 Å². The van der Waals surface area contributed by atoms with E-state index < -0.39 is 11.9 Å². The van der Waals surface area contributed by atoms with Crippen molar-refractivity contribution in [3.63, 3.8) is 0 Å². The predicted octanol–water partition coefficient (Wildman–Crippen LogP) is 3.78. The quantitative estimate of drug-likeness (QED) is 0.306. The van der Waals surface area contributed by atoms with Crippen LogP contribution >= 0.6 is 11.8 Å². The van der Waals surface area contributed by atoms with Gasteiger partial charge >= 0.3 is 5.97 Å². The minimum absolute atomic E-state index is 0.00700. The third-order valence-electron chi connectivity index (χ3n) is 5.43. The smallest absolute Gasteiger partial charge is 0.310 e. The maximum Gasteiger partial charge on any atom is 0.310 e. The molecule has 0 saturated heterocycles. The molecule has 0 fully saturated rings. The Hall–Kier alpha value is -3.72. The van der Waals surface area contributed by atoms with Crippen LogP contribution in [0.2, 0.25) is 0 Å². The van der Waals surface area contributed by atoms with Crippen LogP contribution in [0.15, 0.2) is 59.8 Å². The lowest BCUT2D eigenvalue weighted by molar-refractivity contribution is -0.146. The third-order valence-corrected chi connectivity index (χ3v) is 5.96. The SMILES string of the molecule is CSc1nc2nc(C)c(CC(=O)OCC(=O)Nc3ccccc3Cc3ccccc3)c(C)n2n1. The second-order valence-electron chi connectivity index (χ2n) is 7.78. The average molecular weight is 476 g/mol. The Bertz CT molecular complexity index is 1340. The van der Waals surface area contributed by atoms with Crippen LogP contribution in [0, 0.1) is 13.8 Å². The van der Waals surface area contributed by atoms with E-state index in [2.05, 4.69) is 20.4 Å². The zero-order chi connectivity index (χ0) is 24.1. The summed E-state index contributed by atoms with van der Waals surface area (Å²) in [4.78, 5) is 33.8. The number of para-hydroxylation sites is 1. The highest BCUT2D eigenvalue weighted by atomic mass is 32.2. The number of rotatable bonds is 8. The van der Waals surface area contributed by atoms with Crippen molar-refractivity contribution in [2.75, 3.05) is 18.2 Å². The second kappa shape index (κ2) is 10.5. The molecule has 0 unspecified atom stereocenters. The summed E-state index contributed by atoms with van der Waals surface area (Å²) in [5.74, 6) is -0.410. The number of fused-ring (bicyclic) bond motifs is 1. The van der Waals surface area contributed by atoms with E-state index in [4.69, 9.17) is 4.74 Å². The monoisotopic (exact) mass is 475 g/mol. The molecule has 0 spiro atoms. The van der Waals surface area contributed by atoms with E-state index in [0.717, 1.165) is 16.8 Å². The minimum Gasteiger partial charge on any atom is -0.455 e. The first-order chi connectivity index (χ1) is 16.4. The maximum atomic E-state index is 12.5. The van der Waals surface area contributed by atoms with E-state index in [9.17, 15) is 9.59 Å². The first-order valence-electron chi connectivity index (χ1n) is 10.8. The Labute approximate surface area is 201 Å². The third kappa shape index (κ3) is 5.43. The number of esters is 1. The fraction of sp³-hybridized carbons (Fsp3) is 0.240. The summed E-state index contributed by atoms with van der Waals surface area (Å²) in [5.41, 5.74) is 4.99. The molecule has 2 heterocycles. The normalized spacial score (nSPS) is 10.9. The molecule has 9 heteroatoms. The van der Waals surface area contributed by atoms with Crippen LogP contribution in [-0.2, 0) is 27.2 Å². The van der Waals surface area contributed by atoms with Gasteiger partial charge in [-0.05, 0) is 43.7 Å². The summed E-state index contributed by atoms with van der Waals surface area (Å²) in [5, 5.41) is 7.85. The summed E-state index contributed by atoms with van der Waals surface area (Å²) in [6.07, 6.45) is 2.57. The number of nitrogens with zero attached hydrogens (tertiary/aromatic N) is 4. The fourth-order valence-corrected chi connectivity index (χ4v) is 4.01. The second-order valence-corrected chi connectivity index (χ2v) is 8.55. The summed E-state index contributed by atoms with van der Waals surface area (Å²) >= 11 is 1.42. The van der Waals surface area contributed by atoms with Gasteiger partial charge in [0.15, 0.2) is 6.61 Å². The van der Waals surface area contributed by atoms with Gasteiger partial charge in [-0.15, -0.1) is 5.10 Å². The van der Waals surface area contributed by atoms with Crippen molar-refractivity contribution < 1.29 is 14.3 Å². The molecule has 34 heavy (non-hydrogen) atoms.